The van der Waals surface area contributed by atoms with Crippen molar-refractivity contribution in [3.8, 4) is 5.69 Å². The first-order valence-electron chi connectivity index (χ1n) is 9.28. The molecule has 0 radical (unpaired) electrons. The molecule has 0 aliphatic heterocycles. The van der Waals surface area contributed by atoms with Crippen LogP contribution < -0.4 is 10.6 Å². The lowest BCUT2D eigenvalue weighted by Crippen LogP contribution is -2.44. The van der Waals surface area contributed by atoms with E-state index in [4.69, 9.17) is 4.74 Å². The van der Waals surface area contributed by atoms with Crippen LogP contribution >= 0.6 is 24.0 Å². The fourth-order valence-corrected chi connectivity index (χ4v) is 2.76. The highest BCUT2D eigenvalue weighted by molar-refractivity contribution is 14.0. The average molecular weight is 485 g/mol. The first-order chi connectivity index (χ1) is 12.6. The van der Waals surface area contributed by atoms with E-state index in [1.54, 1.807) is 7.11 Å². The van der Waals surface area contributed by atoms with Gasteiger partial charge in [-0.1, -0.05) is 18.2 Å². The minimum absolute atomic E-state index is 0. The molecule has 7 heteroatoms. The highest BCUT2D eigenvalue weighted by Crippen LogP contribution is 2.13. The summed E-state index contributed by atoms with van der Waals surface area (Å²) in [7, 11) is 1.71. The zero-order valence-corrected chi connectivity index (χ0v) is 19.1. The van der Waals surface area contributed by atoms with Crippen LogP contribution in [0.25, 0.3) is 5.69 Å². The number of hydrogen-bond donors (Lipinski definition) is 2. The lowest BCUT2D eigenvalue weighted by atomic mass is 10.1. The molecule has 6 nitrogen and oxygen atoms in total. The Morgan fingerprint density at radius 1 is 1.30 bits per heavy atom. The van der Waals surface area contributed by atoms with Gasteiger partial charge in [-0.3, -0.25) is 4.99 Å². The predicted molar refractivity (Wildman–Crippen MR) is 122 cm³/mol. The summed E-state index contributed by atoms with van der Waals surface area (Å²) in [6.07, 6.45) is 4.07. The van der Waals surface area contributed by atoms with Gasteiger partial charge in [0.2, 0.25) is 0 Å². The molecule has 1 aromatic carbocycles. The normalized spacial score (nSPS) is 12.4. The minimum Gasteiger partial charge on any atom is -0.383 e. The van der Waals surface area contributed by atoms with E-state index in [1.807, 2.05) is 22.9 Å². The number of para-hydroxylation sites is 1. The Hall–Kier alpha value is -1.61. The molecule has 1 atom stereocenters. The molecular formula is C20H32IN5O. The van der Waals surface area contributed by atoms with Crippen molar-refractivity contribution in [1.29, 1.82) is 0 Å². The number of rotatable bonds is 9. The van der Waals surface area contributed by atoms with Crippen molar-refractivity contribution in [2.45, 2.75) is 39.7 Å². The summed E-state index contributed by atoms with van der Waals surface area (Å²) >= 11 is 0. The van der Waals surface area contributed by atoms with Crippen LogP contribution in [0.3, 0.4) is 0 Å². The average Bonchev–Trinajstić information content (AvgIpc) is 3.00. The summed E-state index contributed by atoms with van der Waals surface area (Å²) in [4.78, 5) is 4.66. The number of nitrogens with zero attached hydrogens (tertiary/aromatic N) is 3. The van der Waals surface area contributed by atoms with E-state index < -0.39 is 0 Å². The van der Waals surface area contributed by atoms with E-state index in [-0.39, 0.29) is 30.0 Å². The van der Waals surface area contributed by atoms with Crippen molar-refractivity contribution in [1.82, 2.24) is 20.4 Å². The number of aliphatic imine (C=N–C) groups is 1. The third-order valence-corrected chi connectivity index (χ3v) is 4.04. The summed E-state index contributed by atoms with van der Waals surface area (Å²) in [5.41, 5.74) is 3.44. The van der Waals surface area contributed by atoms with Crippen LogP contribution in [0.15, 0.2) is 41.5 Å². The Morgan fingerprint density at radius 2 is 2.04 bits per heavy atom. The van der Waals surface area contributed by atoms with Gasteiger partial charge < -0.3 is 15.4 Å². The molecule has 0 aliphatic carbocycles. The second kappa shape index (κ2) is 12.7. The van der Waals surface area contributed by atoms with Crippen LogP contribution in [-0.4, -0.2) is 48.6 Å². The van der Waals surface area contributed by atoms with Gasteiger partial charge >= 0.3 is 0 Å². The van der Waals surface area contributed by atoms with Gasteiger partial charge in [-0.15, -0.1) is 24.0 Å². The molecule has 0 saturated heterocycles. The van der Waals surface area contributed by atoms with Crippen LogP contribution in [0, 0.1) is 6.92 Å². The maximum Gasteiger partial charge on any atom is 0.191 e. The summed E-state index contributed by atoms with van der Waals surface area (Å²) in [5, 5.41) is 11.3. The zero-order chi connectivity index (χ0) is 18.8. The molecule has 0 fully saturated rings. The monoisotopic (exact) mass is 485 g/mol. The smallest absolute Gasteiger partial charge is 0.191 e. The number of nitrogens with one attached hydrogen (secondary N) is 2. The predicted octanol–water partition coefficient (Wildman–Crippen LogP) is 3.32. The quantitative estimate of drug-likeness (QED) is 0.248. The van der Waals surface area contributed by atoms with Gasteiger partial charge in [-0.05, 0) is 51.3 Å². The highest BCUT2D eigenvalue weighted by Gasteiger charge is 2.07. The van der Waals surface area contributed by atoms with Gasteiger partial charge in [0.25, 0.3) is 0 Å². The molecule has 27 heavy (non-hydrogen) atoms. The van der Waals surface area contributed by atoms with Gasteiger partial charge in [0.15, 0.2) is 5.96 Å². The van der Waals surface area contributed by atoms with E-state index in [0.29, 0.717) is 6.61 Å². The molecule has 1 aromatic heterocycles. The van der Waals surface area contributed by atoms with Crippen LogP contribution in [0.1, 0.15) is 31.5 Å². The second-order valence-corrected chi connectivity index (χ2v) is 6.38. The van der Waals surface area contributed by atoms with Crippen molar-refractivity contribution >= 4 is 29.9 Å². The van der Waals surface area contributed by atoms with Crippen molar-refractivity contribution in [2.24, 2.45) is 4.99 Å². The first-order valence-corrected chi connectivity index (χ1v) is 9.28. The fraction of sp³-hybridized carbons (Fsp3) is 0.500. The Kier molecular flexibility index (Phi) is 11.0. The molecule has 0 amide bonds. The summed E-state index contributed by atoms with van der Waals surface area (Å²) in [6.45, 7) is 8.48. The Morgan fingerprint density at radius 3 is 2.70 bits per heavy atom. The van der Waals surface area contributed by atoms with Crippen LogP contribution in [0.5, 0.6) is 0 Å². The Labute approximate surface area is 179 Å². The van der Waals surface area contributed by atoms with Gasteiger partial charge in [-0.25, -0.2) is 4.68 Å². The molecular weight excluding hydrogens is 453 g/mol. The largest absolute Gasteiger partial charge is 0.383 e. The number of aromatic nitrogens is 2. The van der Waals surface area contributed by atoms with Crippen LogP contribution in [0.4, 0.5) is 0 Å². The molecule has 2 rings (SSSR count). The van der Waals surface area contributed by atoms with E-state index in [9.17, 15) is 0 Å². The molecule has 1 unspecified atom stereocenters. The van der Waals surface area contributed by atoms with Crippen molar-refractivity contribution < 1.29 is 4.74 Å². The Bertz CT molecular complexity index is 687. The molecule has 2 aromatic rings. The number of hydrogen-bond acceptors (Lipinski definition) is 3. The van der Waals surface area contributed by atoms with Crippen LogP contribution in [-0.2, 0) is 11.2 Å². The first kappa shape index (κ1) is 23.4. The number of benzene rings is 1. The minimum atomic E-state index is 0. The molecule has 1 heterocycles. The second-order valence-electron chi connectivity index (χ2n) is 6.38. The zero-order valence-electron chi connectivity index (χ0n) is 16.7. The summed E-state index contributed by atoms with van der Waals surface area (Å²) < 4.78 is 7.11. The third kappa shape index (κ3) is 7.88. The maximum atomic E-state index is 5.16. The van der Waals surface area contributed by atoms with Crippen molar-refractivity contribution in [3.63, 3.8) is 0 Å². The van der Waals surface area contributed by atoms with Crippen LogP contribution in [0.2, 0.25) is 0 Å². The summed E-state index contributed by atoms with van der Waals surface area (Å²) in [5.74, 6) is 0.841. The van der Waals surface area contributed by atoms with Gasteiger partial charge in [0.1, 0.15) is 0 Å². The number of ether oxygens (including phenoxy) is 1. The molecule has 2 N–H and O–H groups in total. The number of methoxy groups -OCH3 is 1. The SMILES string of the molecule is CCNC(=NCCCc1cn(-c2ccccc2)nc1C)NC(C)COC.I. The lowest BCUT2D eigenvalue weighted by Gasteiger charge is -2.16. The maximum absolute atomic E-state index is 5.16. The van der Waals surface area contributed by atoms with Crippen molar-refractivity contribution in [2.75, 3.05) is 26.8 Å². The molecule has 150 valence electrons. The summed E-state index contributed by atoms with van der Waals surface area (Å²) in [6, 6.07) is 10.4. The van der Waals surface area contributed by atoms with E-state index in [1.165, 1.54) is 5.56 Å². The third-order valence-electron chi connectivity index (χ3n) is 4.04. The van der Waals surface area contributed by atoms with E-state index in [0.717, 1.165) is 43.3 Å². The van der Waals surface area contributed by atoms with Gasteiger partial charge in [0, 0.05) is 32.4 Å². The molecule has 0 aliphatic rings. The number of halogens is 1. The van der Waals surface area contributed by atoms with Gasteiger partial charge in [-0.2, -0.15) is 5.10 Å². The fourth-order valence-electron chi connectivity index (χ4n) is 2.76. The topological polar surface area (TPSA) is 63.5 Å². The number of guanidine groups is 1. The number of aryl methyl sites for hydroxylation is 2. The van der Waals surface area contributed by atoms with E-state index in [2.05, 4.69) is 59.8 Å². The Balaban J connectivity index is 0.00000364. The van der Waals surface area contributed by atoms with Crippen molar-refractivity contribution in [3.05, 3.63) is 47.8 Å². The van der Waals surface area contributed by atoms with E-state index >= 15 is 0 Å². The molecule has 0 spiro atoms. The molecule has 0 bridgehead atoms. The van der Waals surface area contributed by atoms with Gasteiger partial charge in [0.05, 0.1) is 18.0 Å². The highest BCUT2D eigenvalue weighted by atomic mass is 127. The standard InChI is InChI=1S/C20H31N5O.HI/c1-5-21-20(23-16(2)15-26-4)22-13-9-10-18-14-25(24-17(18)3)19-11-7-6-8-12-19;/h6-8,11-12,14,16H,5,9-10,13,15H2,1-4H3,(H2,21,22,23);1H. The molecule has 0 saturated carbocycles. The lowest BCUT2D eigenvalue weighted by molar-refractivity contribution is 0.179.